The van der Waals surface area contributed by atoms with Crippen LogP contribution in [0.1, 0.15) is 34.3 Å². The number of aromatic amines is 1. The molecule has 0 bridgehead atoms. The van der Waals surface area contributed by atoms with Gasteiger partial charge in [0.15, 0.2) is 5.82 Å². The van der Waals surface area contributed by atoms with E-state index in [1.165, 1.54) is 23.5 Å². The predicted molar refractivity (Wildman–Crippen MR) is 106 cm³/mol. The first-order valence-corrected chi connectivity index (χ1v) is 9.06. The second kappa shape index (κ2) is 7.13. The van der Waals surface area contributed by atoms with Crippen molar-refractivity contribution in [2.75, 3.05) is 0 Å². The van der Waals surface area contributed by atoms with Gasteiger partial charge in [0.1, 0.15) is 10.9 Å². The lowest BCUT2D eigenvalue weighted by Gasteiger charge is -2.03. The number of nitrogens with one attached hydrogen (secondary N) is 1. The Labute approximate surface area is 158 Å². The van der Waals surface area contributed by atoms with Gasteiger partial charge in [-0.25, -0.2) is 4.98 Å². The van der Waals surface area contributed by atoms with E-state index in [4.69, 9.17) is 0 Å². The zero-order valence-corrected chi connectivity index (χ0v) is 15.8. The van der Waals surface area contributed by atoms with Gasteiger partial charge in [-0.2, -0.15) is 5.26 Å². The second-order valence-electron chi connectivity index (χ2n) is 6.05. The molecule has 0 aliphatic heterocycles. The molecule has 8 heteroatoms. The summed E-state index contributed by atoms with van der Waals surface area (Å²) in [4.78, 5) is 31.9. The number of nitrogens with zero attached hydrogens (tertiary/aromatic N) is 3. The molecule has 0 unspecified atom stereocenters. The van der Waals surface area contributed by atoms with Crippen LogP contribution in [0.25, 0.3) is 21.9 Å². The monoisotopic (exact) mass is 380 g/mol. The normalized spacial score (nSPS) is 11.6. The van der Waals surface area contributed by atoms with E-state index in [1.807, 2.05) is 26.8 Å². The van der Waals surface area contributed by atoms with Crippen molar-refractivity contribution in [1.82, 2.24) is 9.97 Å². The molecule has 2 heterocycles. The SMILES string of the molecule is CCc1ccc(/C=C(\C#N)c2nc3sc(C)c(C)c3c(=O)[nH]2)cc1[N+](=O)[O-]. The number of thiophene rings is 1. The molecule has 1 aromatic carbocycles. The maximum Gasteiger partial charge on any atom is 0.273 e. The van der Waals surface area contributed by atoms with Gasteiger partial charge in [0.25, 0.3) is 11.2 Å². The third kappa shape index (κ3) is 3.37. The van der Waals surface area contributed by atoms with Crippen LogP contribution in [0.4, 0.5) is 5.69 Å². The maximum absolute atomic E-state index is 12.4. The number of benzene rings is 1. The van der Waals surface area contributed by atoms with Crippen molar-refractivity contribution in [1.29, 1.82) is 5.26 Å². The number of aromatic nitrogens is 2. The third-order valence-electron chi connectivity index (χ3n) is 4.41. The fourth-order valence-corrected chi connectivity index (χ4v) is 3.87. The first-order valence-electron chi connectivity index (χ1n) is 8.25. The van der Waals surface area contributed by atoms with Crippen LogP contribution in [-0.2, 0) is 6.42 Å². The van der Waals surface area contributed by atoms with Crippen LogP contribution in [0.3, 0.4) is 0 Å². The summed E-state index contributed by atoms with van der Waals surface area (Å²) < 4.78 is 0. The van der Waals surface area contributed by atoms with E-state index < -0.39 is 4.92 Å². The Balaban J connectivity index is 2.14. The zero-order valence-electron chi connectivity index (χ0n) is 15.0. The second-order valence-corrected chi connectivity index (χ2v) is 7.25. The molecule has 27 heavy (non-hydrogen) atoms. The summed E-state index contributed by atoms with van der Waals surface area (Å²) >= 11 is 1.40. The van der Waals surface area contributed by atoms with Gasteiger partial charge in [-0.15, -0.1) is 11.3 Å². The summed E-state index contributed by atoms with van der Waals surface area (Å²) in [6.45, 7) is 5.61. The Hall–Kier alpha value is -3.31. The highest BCUT2D eigenvalue weighted by Crippen LogP contribution is 2.27. The number of aryl methyl sites for hydroxylation is 3. The van der Waals surface area contributed by atoms with Crippen LogP contribution in [0, 0.1) is 35.3 Å². The van der Waals surface area contributed by atoms with Crippen LogP contribution >= 0.6 is 11.3 Å². The highest BCUT2D eigenvalue weighted by molar-refractivity contribution is 7.18. The minimum atomic E-state index is -0.439. The van der Waals surface area contributed by atoms with Crippen molar-refractivity contribution in [3.8, 4) is 6.07 Å². The average molecular weight is 380 g/mol. The van der Waals surface area contributed by atoms with Crippen LogP contribution in [0.15, 0.2) is 23.0 Å². The van der Waals surface area contributed by atoms with Gasteiger partial charge in [-0.1, -0.05) is 19.1 Å². The molecule has 0 fully saturated rings. The molecular weight excluding hydrogens is 364 g/mol. The highest BCUT2D eigenvalue weighted by atomic mass is 32.1. The third-order valence-corrected chi connectivity index (χ3v) is 5.51. The smallest absolute Gasteiger partial charge is 0.273 e. The summed E-state index contributed by atoms with van der Waals surface area (Å²) in [6, 6.07) is 6.82. The summed E-state index contributed by atoms with van der Waals surface area (Å²) in [5.74, 6) is 0.151. The Kier molecular flexibility index (Phi) is 4.88. The molecule has 0 saturated heterocycles. The molecule has 0 amide bonds. The van der Waals surface area contributed by atoms with Crippen LogP contribution in [-0.4, -0.2) is 14.9 Å². The molecule has 0 radical (unpaired) electrons. The largest absolute Gasteiger partial charge is 0.305 e. The fourth-order valence-electron chi connectivity index (χ4n) is 2.84. The Morgan fingerprint density at radius 1 is 1.44 bits per heavy atom. The van der Waals surface area contributed by atoms with Crippen molar-refractivity contribution in [2.24, 2.45) is 0 Å². The number of hydrogen-bond donors (Lipinski definition) is 1. The van der Waals surface area contributed by atoms with Crippen LogP contribution in [0.5, 0.6) is 0 Å². The molecule has 136 valence electrons. The minimum Gasteiger partial charge on any atom is -0.305 e. The molecule has 0 spiro atoms. The van der Waals surface area contributed by atoms with E-state index in [9.17, 15) is 20.2 Å². The predicted octanol–water partition coefficient (Wildman–Crippen LogP) is 4.14. The molecule has 1 N–H and O–H groups in total. The van der Waals surface area contributed by atoms with Crippen molar-refractivity contribution in [2.45, 2.75) is 27.2 Å². The standard InChI is InChI=1S/C19H16N4O3S/c1-4-13-6-5-12(8-15(13)23(25)26)7-14(9-20)17-21-18(24)16-10(2)11(3)27-19(16)22-17/h5-8H,4H2,1-3H3,(H,21,22,24)/b14-7+. The van der Waals surface area contributed by atoms with Gasteiger partial charge < -0.3 is 4.98 Å². The molecule has 3 aromatic rings. The maximum atomic E-state index is 12.4. The summed E-state index contributed by atoms with van der Waals surface area (Å²) in [6.07, 6.45) is 2.03. The number of nitro benzene ring substituents is 1. The number of fused-ring (bicyclic) bond motifs is 1. The molecule has 0 aliphatic rings. The molecular formula is C19H16N4O3S. The highest BCUT2D eigenvalue weighted by Gasteiger charge is 2.16. The van der Waals surface area contributed by atoms with Crippen LogP contribution in [0.2, 0.25) is 0 Å². The van der Waals surface area contributed by atoms with E-state index in [2.05, 4.69) is 9.97 Å². The molecule has 3 rings (SSSR count). The molecule has 0 saturated carbocycles. The topological polar surface area (TPSA) is 113 Å². The molecule has 2 aromatic heterocycles. The van der Waals surface area contributed by atoms with Gasteiger partial charge in [0.2, 0.25) is 0 Å². The molecule has 0 aliphatic carbocycles. The summed E-state index contributed by atoms with van der Waals surface area (Å²) in [5.41, 5.74) is 1.83. The van der Waals surface area contributed by atoms with Crippen LogP contribution < -0.4 is 5.56 Å². The van der Waals surface area contributed by atoms with E-state index in [0.29, 0.717) is 27.8 Å². The number of nitro groups is 1. The van der Waals surface area contributed by atoms with Crippen molar-refractivity contribution >= 4 is 38.9 Å². The van der Waals surface area contributed by atoms with Gasteiger partial charge in [0.05, 0.1) is 15.9 Å². The first kappa shape index (κ1) is 18.5. The van der Waals surface area contributed by atoms with Crippen molar-refractivity contribution < 1.29 is 4.92 Å². The van der Waals surface area contributed by atoms with E-state index >= 15 is 0 Å². The van der Waals surface area contributed by atoms with E-state index in [1.54, 1.807) is 12.1 Å². The van der Waals surface area contributed by atoms with Gasteiger partial charge in [-0.05, 0) is 37.5 Å². The fraction of sp³-hybridized carbons (Fsp3) is 0.211. The summed E-state index contributed by atoms with van der Waals surface area (Å²) in [5, 5.41) is 21.3. The van der Waals surface area contributed by atoms with E-state index in [-0.39, 0.29) is 22.6 Å². The molecule has 7 nitrogen and oxygen atoms in total. The molecule has 0 atom stereocenters. The van der Waals surface area contributed by atoms with Crippen molar-refractivity contribution in [3.63, 3.8) is 0 Å². The van der Waals surface area contributed by atoms with Gasteiger partial charge in [-0.3, -0.25) is 14.9 Å². The first-order chi connectivity index (χ1) is 12.8. The number of hydrogen-bond acceptors (Lipinski definition) is 6. The Morgan fingerprint density at radius 2 is 2.19 bits per heavy atom. The van der Waals surface area contributed by atoms with Gasteiger partial charge >= 0.3 is 0 Å². The van der Waals surface area contributed by atoms with Gasteiger partial charge in [0, 0.05) is 16.5 Å². The van der Waals surface area contributed by atoms with Crippen molar-refractivity contribution in [3.05, 3.63) is 66.1 Å². The zero-order chi connectivity index (χ0) is 19.7. The Morgan fingerprint density at radius 3 is 2.81 bits per heavy atom. The quantitative estimate of drug-likeness (QED) is 0.415. The summed E-state index contributed by atoms with van der Waals surface area (Å²) in [7, 11) is 0. The van der Waals surface area contributed by atoms with E-state index in [0.717, 1.165) is 10.4 Å². The number of nitriles is 1. The lowest BCUT2D eigenvalue weighted by molar-refractivity contribution is -0.385. The number of allylic oxidation sites excluding steroid dienone is 1. The lowest BCUT2D eigenvalue weighted by Crippen LogP contribution is -2.10. The number of H-pyrrole nitrogens is 1. The number of rotatable bonds is 4. The average Bonchev–Trinajstić information content (AvgIpc) is 2.93. The lowest BCUT2D eigenvalue weighted by atomic mass is 10.0. The minimum absolute atomic E-state index is 0.00458. The Bertz CT molecular complexity index is 1200.